The molecule has 4 heterocycles. The molecule has 2 aromatic heterocycles. The minimum Gasteiger partial charge on any atom is -0.489 e. The number of carbonyl (C=O) groups is 2. The maximum atomic E-state index is 13.9. The van der Waals surface area contributed by atoms with Gasteiger partial charge in [-0.15, -0.1) is 8.78 Å². The molecule has 0 unspecified atom stereocenters. The van der Waals surface area contributed by atoms with E-state index in [0.29, 0.717) is 39.6 Å². The fraction of sp³-hybridized carbons (Fsp3) is 0.257. The van der Waals surface area contributed by atoms with Crippen LogP contribution in [0.3, 0.4) is 0 Å². The van der Waals surface area contributed by atoms with Crippen LogP contribution in [0.15, 0.2) is 77.2 Å². The predicted molar refractivity (Wildman–Crippen MR) is 166 cm³/mol. The number of ether oxygens (including phenoxy) is 3. The summed E-state index contributed by atoms with van der Waals surface area (Å²) in [5.74, 6) is -0.417. The summed E-state index contributed by atoms with van der Waals surface area (Å²) < 4.78 is 48.8. The number of halogens is 2. The van der Waals surface area contributed by atoms with Crippen molar-refractivity contribution in [1.82, 2.24) is 15.3 Å². The third-order valence-electron chi connectivity index (χ3n) is 9.06. The van der Waals surface area contributed by atoms with Gasteiger partial charge in [-0.2, -0.15) is 0 Å². The van der Waals surface area contributed by atoms with Crippen molar-refractivity contribution in [3.05, 3.63) is 101 Å². The number of rotatable bonds is 8. The number of fused-ring (bicyclic) bond motifs is 3. The van der Waals surface area contributed by atoms with Gasteiger partial charge in [-0.05, 0) is 67.8 Å². The summed E-state index contributed by atoms with van der Waals surface area (Å²) >= 11 is 0. The van der Waals surface area contributed by atoms with Gasteiger partial charge < -0.3 is 34.8 Å². The smallest absolute Gasteiger partial charge is 0.489 e. The summed E-state index contributed by atoms with van der Waals surface area (Å²) in [5, 5.41) is 15.3. The molecule has 244 valence electrons. The number of aromatic nitrogens is 2. The van der Waals surface area contributed by atoms with Gasteiger partial charge in [-0.3, -0.25) is 9.59 Å². The summed E-state index contributed by atoms with van der Waals surface area (Å²) in [4.78, 5) is 35.6. The Hall–Kier alpha value is -5.56. The van der Waals surface area contributed by atoms with Crippen LogP contribution in [0, 0.1) is 0 Å². The van der Waals surface area contributed by atoms with Gasteiger partial charge in [-0.25, -0.2) is 9.97 Å². The molecule has 1 aliphatic carbocycles. The standard InChI is InChI=1S/C35H28F2N4O7/c1-33(32(38)43)17-45-29-22(33)15-27(41-28(29)19-10-12-24-26(13-19)48-35(36,37)47-24)34(44,21-5-3-2-4-6-21)16-39-30(42)20-9-11-23-25(14-20)46-31(40-23)18-7-8-18/h2-6,9-15,18,44H,7-8,16-17H2,1H3,(H2,38,43)(H,39,42)/t33-,34+/m0/s1. The quantitative estimate of drug-likeness (QED) is 0.212. The molecule has 2 aliphatic heterocycles. The molecular weight excluding hydrogens is 626 g/mol. The van der Waals surface area contributed by atoms with Crippen LogP contribution in [0.5, 0.6) is 17.2 Å². The molecule has 8 rings (SSSR count). The van der Waals surface area contributed by atoms with Crippen molar-refractivity contribution in [2.75, 3.05) is 13.2 Å². The van der Waals surface area contributed by atoms with Gasteiger partial charge in [0.05, 0.1) is 12.2 Å². The number of alkyl halides is 2. The number of aliphatic hydroxyl groups is 1. The topological polar surface area (TPSA) is 159 Å². The van der Waals surface area contributed by atoms with Crippen LogP contribution in [0.4, 0.5) is 8.78 Å². The molecule has 11 nitrogen and oxygen atoms in total. The molecule has 13 heteroatoms. The molecule has 48 heavy (non-hydrogen) atoms. The molecule has 2 amide bonds. The van der Waals surface area contributed by atoms with Gasteiger partial charge in [0.15, 0.2) is 23.0 Å². The second-order valence-corrected chi connectivity index (χ2v) is 12.5. The Morgan fingerprint density at radius 1 is 1.02 bits per heavy atom. The Labute approximate surface area is 271 Å². The summed E-state index contributed by atoms with van der Waals surface area (Å²) in [5.41, 5.74) is 5.18. The van der Waals surface area contributed by atoms with E-state index in [0.717, 1.165) is 12.8 Å². The average molecular weight is 655 g/mol. The minimum atomic E-state index is -3.84. The number of amides is 2. The van der Waals surface area contributed by atoms with E-state index in [4.69, 9.17) is 19.9 Å². The molecule has 3 aromatic carbocycles. The number of nitrogens with two attached hydrogens (primary N) is 1. The maximum Gasteiger partial charge on any atom is 0.586 e. The van der Waals surface area contributed by atoms with Crippen molar-refractivity contribution in [3.63, 3.8) is 0 Å². The minimum absolute atomic E-state index is 0.0449. The molecule has 1 saturated carbocycles. The number of hydrogen-bond donors (Lipinski definition) is 3. The lowest BCUT2D eigenvalue weighted by Crippen LogP contribution is -2.43. The van der Waals surface area contributed by atoms with E-state index in [1.807, 2.05) is 0 Å². The molecule has 5 aromatic rings. The van der Waals surface area contributed by atoms with Crippen LogP contribution in [0.2, 0.25) is 0 Å². The van der Waals surface area contributed by atoms with Crippen LogP contribution in [-0.2, 0) is 15.8 Å². The molecule has 2 atom stereocenters. The molecule has 0 spiro atoms. The number of pyridine rings is 1. The van der Waals surface area contributed by atoms with Crippen molar-refractivity contribution in [3.8, 4) is 28.5 Å². The maximum absolute atomic E-state index is 13.9. The van der Waals surface area contributed by atoms with Crippen molar-refractivity contribution >= 4 is 22.9 Å². The van der Waals surface area contributed by atoms with E-state index in [1.165, 1.54) is 24.3 Å². The summed E-state index contributed by atoms with van der Waals surface area (Å²) in [7, 11) is 0. The zero-order chi connectivity index (χ0) is 33.4. The molecule has 0 saturated heterocycles. The highest BCUT2D eigenvalue weighted by Crippen LogP contribution is 2.49. The molecule has 4 N–H and O–H groups in total. The number of benzene rings is 3. The summed E-state index contributed by atoms with van der Waals surface area (Å²) in [6, 6.07) is 19.1. The monoisotopic (exact) mass is 654 g/mol. The highest BCUT2D eigenvalue weighted by atomic mass is 19.3. The van der Waals surface area contributed by atoms with E-state index in [9.17, 15) is 23.5 Å². The third-order valence-corrected chi connectivity index (χ3v) is 9.06. The zero-order valence-electron chi connectivity index (χ0n) is 25.5. The largest absolute Gasteiger partial charge is 0.586 e. The second-order valence-electron chi connectivity index (χ2n) is 12.5. The zero-order valence-corrected chi connectivity index (χ0v) is 25.5. The first kappa shape index (κ1) is 29.8. The number of carbonyl (C=O) groups excluding carboxylic acids is 2. The second kappa shape index (κ2) is 10.5. The molecule has 0 radical (unpaired) electrons. The number of nitrogens with zero attached hydrogens (tertiary/aromatic N) is 2. The third kappa shape index (κ3) is 4.89. The van der Waals surface area contributed by atoms with Crippen LogP contribution in [-0.4, -0.2) is 46.3 Å². The van der Waals surface area contributed by atoms with Crippen LogP contribution in [0.25, 0.3) is 22.4 Å². The number of primary amides is 1. The fourth-order valence-corrected chi connectivity index (χ4v) is 6.04. The van der Waals surface area contributed by atoms with Crippen molar-refractivity contribution in [2.45, 2.75) is 43.0 Å². The SMILES string of the molecule is C[C@]1(C(N)=O)COc2c1cc([C@@](O)(CNC(=O)c1ccc3nc(C4CC4)oc3c1)c1ccccc1)nc2-c1ccc2c(c1)OC(F)(F)O2. The number of oxazole rings is 1. The summed E-state index contributed by atoms with van der Waals surface area (Å²) in [6.07, 6.45) is -1.81. The van der Waals surface area contributed by atoms with E-state index >= 15 is 0 Å². The lowest BCUT2D eigenvalue weighted by Gasteiger charge is -2.30. The predicted octanol–water partition coefficient (Wildman–Crippen LogP) is 4.89. The lowest BCUT2D eigenvalue weighted by molar-refractivity contribution is -0.286. The van der Waals surface area contributed by atoms with Crippen molar-refractivity contribution in [1.29, 1.82) is 0 Å². The van der Waals surface area contributed by atoms with Crippen molar-refractivity contribution in [2.24, 2.45) is 5.73 Å². The van der Waals surface area contributed by atoms with Gasteiger partial charge in [0.2, 0.25) is 5.91 Å². The van der Waals surface area contributed by atoms with Gasteiger partial charge >= 0.3 is 6.29 Å². The van der Waals surface area contributed by atoms with E-state index in [1.54, 1.807) is 55.5 Å². The lowest BCUT2D eigenvalue weighted by atomic mass is 9.80. The van der Waals surface area contributed by atoms with Gasteiger partial charge in [0, 0.05) is 22.6 Å². The first-order valence-corrected chi connectivity index (χ1v) is 15.3. The normalized spacial score (nSPS) is 20.2. The Morgan fingerprint density at radius 2 is 1.79 bits per heavy atom. The van der Waals surface area contributed by atoms with Gasteiger partial charge in [-0.1, -0.05) is 30.3 Å². The molecule has 1 fully saturated rings. The van der Waals surface area contributed by atoms with Crippen LogP contribution in [0.1, 0.15) is 58.8 Å². The number of nitrogens with one attached hydrogen (secondary N) is 1. The van der Waals surface area contributed by atoms with Gasteiger partial charge in [0.1, 0.15) is 34.6 Å². The fourth-order valence-electron chi connectivity index (χ4n) is 6.04. The first-order chi connectivity index (χ1) is 22.9. The Bertz CT molecular complexity index is 2130. The first-order valence-electron chi connectivity index (χ1n) is 15.3. The summed E-state index contributed by atoms with van der Waals surface area (Å²) in [6.45, 7) is 1.14. The van der Waals surface area contributed by atoms with Crippen molar-refractivity contribution < 1.29 is 42.1 Å². The van der Waals surface area contributed by atoms with E-state index in [-0.39, 0.29) is 47.4 Å². The highest BCUT2D eigenvalue weighted by Gasteiger charge is 2.47. The Morgan fingerprint density at radius 3 is 2.54 bits per heavy atom. The molecule has 3 aliphatic rings. The van der Waals surface area contributed by atoms with Crippen LogP contribution >= 0.6 is 0 Å². The average Bonchev–Trinajstić information content (AvgIpc) is 3.63. The molecular formula is C35H28F2N4O7. The van der Waals surface area contributed by atoms with E-state index in [2.05, 4.69) is 19.8 Å². The Kier molecular flexibility index (Phi) is 6.51. The number of hydrogen-bond acceptors (Lipinski definition) is 9. The Balaban J connectivity index is 1.21. The van der Waals surface area contributed by atoms with E-state index < -0.39 is 29.1 Å². The van der Waals surface area contributed by atoms with Crippen LogP contribution < -0.4 is 25.3 Å². The van der Waals surface area contributed by atoms with Gasteiger partial charge in [0.25, 0.3) is 5.91 Å². The highest BCUT2D eigenvalue weighted by molar-refractivity contribution is 5.97. The molecule has 0 bridgehead atoms.